The minimum atomic E-state index is -1.16. The Morgan fingerprint density at radius 3 is 3.00 bits per heavy atom. The lowest BCUT2D eigenvalue weighted by Gasteiger charge is -2.12. The number of carbonyl (C=O) groups excluding carboxylic acids is 1. The van der Waals surface area contributed by atoms with Gasteiger partial charge in [0.1, 0.15) is 5.75 Å². The molecule has 2 N–H and O–H groups in total. The van der Waals surface area contributed by atoms with E-state index < -0.39 is 12.0 Å². The van der Waals surface area contributed by atoms with E-state index in [2.05, 4.69) is 5.32 Å². The number of amides is 1. The minimum absolute atomic E-state index is 0.396. The van der Waals surface area contributed by atoms with Crippen LogP contribution in [0.3, 0.4) is 0 Å². The van der Waals surface area contributed by atoms with Gasteiger partial charge in [-0.15, -0.1) is 0 Å². The van der Waals surface area contributed by atoms with E-state index in [0.29, 0.717) is 17.9 Å². The van der Waals surface area contributed by atoms with Crippen molar-refractivity contribution in [3.63, 3.8) is 0 Å². The van der Waals surface area contributed by atoms with E-state index in [1.165, 1.54) is 0 Å². The molecule has 1 aromatic rings. The fraction of sp³-hybridized carbons (Fsp3) is 0.357. The van der Waals surface area contributed by atoms with Gasteiger partial charge < -0.3 is 15.2 Å². The molecule has 18 heavy (non-hydrogen) atoms. The van der Waals surface area contributed by atoms with Crippen LogP contribution in [0, 0.1) is 0 Å². The van der Waals surface area contributed by atoms with Crippen LogP contribution in [-0.2, 0) is 4.79 Å². The highest BCUT2D eigenvalue weighted by Gasteiger charge is 2.16. The van der Waals surface area contributed by atoms with Crippen LogP contribution in [0.25, 0.3) is 0 Å². The van der Waals surface area contributed by atoms with Crippen molar-refractivity contribution < 1.29 is 14.6 Å². The summed E-state index contributed by atoms with van der Waals surface area (Å²) in [5.41, 5.74) is 0.526. The molecule has 1 amide bonds. The number of nitrogens with one attached hydrogen (secondary N) is 1. The maximum atomic E-state index is 11.7. The fourth-order valence-electron chi connectivity index (χ4n) is 1.51. The summed E-state index contributed by atoms with van der Waals surface area (Å²) in [6.07, 6.45) is 3.47. The summed E-state index contributed by atoms with van der Waals surface area (Å²) in [5, 5.41) is 12.6. The number of allylic oxidation sites excluding steroid dienone is 1. The van der Waals surface area contributed by atoms with Crippen LogP contribution >= 0.6 is 0 Å². The second-order valence-corrected chi connectivity index (χ2v) is 3.83. The van der Waals surface area contributed by atoms with Gasteiger partial charge >= 0.3 is 0 Å². The van der Waals surface area contributed by atoms with E-state index in [0.717, 1.165) is 6.42 Å². The van der Waals surface area contributed by atoms with Crippen LogP contribution in [0.15, 0.2) is 36.4 Å². The number of aliphatic hydroxyl groups is 1. The standard InChI is InChI=1S/C14H19NO3/c1-3-4-5-9-15-14(17)13(16)11-7-6-8-12(10-11)18-2/h3-4,6-8,10,13,16H,5,9H2,1-2H3,(H,15,17)/b4-3+. The molecule has 0 fully saturated rings. The van der Waals surface area contributed by atoms with Gasteiger partial charge in [-0.3, -0.25) is 4.79 Å². The zero-order valence-electron chi connectivity index (χ0n) is 10.7. The topological polar surface area (TPSA) is 58.6 Å². The summed E-state index contributed by atoms with van der Waals surface area (Å²) in [5.74, 6) is 0.223. The van der Waals surface area contributed by atoms with Crippen molar-refractivity contribution in [2.45, 2.75) is 19.4 Å². The smallest absolute Gasteiger partial charge is 0.253 e. The Hall–Kier alpha value is -1.81. The van der Waals surface area contributed by atoms with Crippen LogP contribution in [0.4, 0.5) is 0 Å². The summed E-state index contributed by atoms with van der Waals surface area (Å²) >= 11 is 0. The van der Waals surface area contributed by atoms with Crippen LogP contribution < -0.4 is 10.1 Å². The van der Waals surface area contributed by atoms with Crippen molar-refractivity contribution in [2.24, 2.45) is 0 Å². The van der Waals surface area contributed by atoms with Crippen molar-refractivity contribution in [3.8, 4) is 5.75 Å². The molecule has 0 saturated heterocycles. The highest BCUT2D eigenvalue weighted by atomic mass is 16.5. The highest BCUT2D eigenvalue weighted by molar-refractivity contribution is 5.81. The van der Waals surface area contributed by atoms with Gasteiger partial charge in [0.25, 0.3) is 5.91 Å². The molecule has 4 nitrogen and oxygen atoms in total. The third-order valence-electron chi connectivity index (χ3n) is 2.50. The molecule has 0 heterocycles. The van der Waals surface area contributed by atoms with Crippen molar-refractivity contribution >= 4 is 5.91 Å². The zero-order valence-corrected chi connectivity index (χ0v) is 10.7. The van der Waals surface area contributed by atoms with Crippen molar-refractivity contribution in [1.82, 2.24) is 5.32 Å². The Balaban J connectivity index is 2.56. The van der Waals surface area contributed by atoms with Gasteiger partial charge in [-0.1, -0.05) is 24.3 Å². The van der Waals surface area contributed by atoms with Crippen LogP contribution in [0.2, 0.25) is 0 Å². The van der Waals surface area contributed by atoms with Crippen molar-refractivity contribution in [2.75, 3.05) is 13.7 Å². The second-order valence-electron chi connectivity index (χ2n) is 3.83. The maximum absolute atomic E-state index is 11.7. The van der Waals surface area contributed by atoms with E-state index in [4.69, 9.17) is 4.74 Å². The lowest BCUT2D eigenvalue weighted by Crippen LogP contribution is -2.29. The van der Waals surface area contributed by atoms with Gasteiger partial charge in [0, 0.05) is 6.54 Å². The van der Waals surface area contributed by atoms with Gasteiger partial charge in [-0.05, 0) is 31.0 Å². The number of methoxy groups -OCH3 is 1. The molecule has 98 valence electrons. The normalized spacial score (nSPS) is 12.4. The quantitative estimate of drug-likeness (QED) is 0.597. The molecule has 0 radical (unpaired) electrons. The van der Waals surface area contributed by atoms with E-state index in [-0.39, 0.29) is 0 Å². The van der Waals surface area contributed by atoms with Crippen LogP contribution in [0.5, 0.6) is 5.75 Å². The molecule has 0 bridgehead atoms. The van der Waals surface area contributed by atoms with Crippen molar-refractivity contribution in [1.29, 1.82) is 0 Å². The first-order chi connectivity index (χ1) is 8.69. The van der Waals surface area contributed by atoms with E-state index in [9.17, 15) is 9.90 Å². The summed E-state index contributed by atoms with van der Waals surface area (Å²) in [7, 11) is 1.54. The Kier molecular flexibility index (Phi) is 5.94. The predicted molar refractivity (Wildman–Crippen MR) is 70.4 cm³/mol. The molecule has 4 heteroatoms. The molecule has 1 rings (SSSR count). The molecule has 0 aliphatic heterocycles. The van der Waals surface area contributed by atoms with Crippen LogP contribution in [0.1, 0.15) is 25.0 Å². The molecule has 1 atom stereocenters. The van der Waals surface area contributed by atoms with Gasteiger partial charge in [0.05, 0.1) is 7.11 Å². The molecule has 0 spiro atoms. The number of hydrogen-bond donors (Lipinski definition) is 2. The summed E-state index contributed by atoms with van der Waals surface area (Å²) in [6, 6.07) is 6.85. The average molecular weight is 249 g/mol. The molecular formula is C14H19NO3. The number of benzene rings is 1. The first-order valence-electron chi connectivity index (χ1n) is 5.90. The van der Waals surface area contributed by atoms with Gasteiger partial charge in [-0.25, -0.2) is 0 Å². The highest BCUT2D eigenvalue weighted by Crippen LogP contribution is 2.18. The minimum Gasteiger partial charge on any atom is -0.497 e. The van der Waals surface area contributed by atoms with Crippen molar-refractivity contribution in [3.05, 3.63) is 42.0 Å². The third kappa shape index (κ3) is 4.22. The summed E-state index contributed by atoms with van der Waals surface area (Å²) in [4.78, 5) is 11.7. The molecule has 0 aliphatic rings. The third-order valence-corrected chi connectivity index (χ3v) is 2.50. The van der Waals surface area contributed by atoms with Gasteiger partial charge in [-0.2, -0.15) is 0 Å². The molecule has 0 aromatic heterocycles. The van der Waals surface area contributed by atoms with E-state index in [1.807, 2.05) is 19.1 Å². The zero-order chi connectivity index (χ0) is 13.4. The monoisotopic (exact) mass is 249 g/mol. The fourth-order valence-corrected chi connectivity index (χ4v) is 1.51. The SMILES string of the molecule is C/C=C/CCNC(=O)C(O)c1cccc(OC)c1. The first-order valence-corrected chi connectivity index (χ1v) is 5.90. The summed E-state index contributed by atoms with van der Waals surface area (Å²) < 4.78 is 5.05. The average Bonchev–Trinajstić information content (AvgIpc) is 2.42. The molecular weight excluding hydrogens is 230 g/mol. The largest absolute Gasteiger partial charge is 0.497 e. The molecule has 0 saturated carbocycles. The number of carbonyl (C=O) groups is 1. The van der Waals surface area contributed by atoms with Crippen LogP contribution in [-0.4, -0.2) is 24.7 Å². The Morgan fingerprint density at radius 1 is 1.56 bits per heavy atom. The molecule has 1 aromatic carbocycles. The Labute approximate surface area is 107 Å². The van der Waals surface area contributed by atoms with E-state index >= 15 is 0 Å². The van der Waals surface area contributed by atoms with E-state index in [1.54, 1.807) is 31.4 Å². The van der Waals surface area contributed by atoms with Gasteiger partial charge in [0.15, 0.2) is 6.10 Å². The number of rotatable bonds is 6. The van der Waals surface area contributed by atoms with Gasteiger partial charge in [0.2, 0.25) is 0 Å². The predicted octanol–water partition coefficient (Wildman–Crippen LogP) is 1.81. The first kappa shape index (κ1) is 14.3. The lowest BCUT2D eigenvalue weighted by molar-refractivity contribution is -0.129. The lowest BCUT2D eigenvalue weighted by atomic mass is 10.1. The second kappa shape index (κ2) is 7.50. The number of aliphatic hydroxyl groups excluding tert-OH is 1. The number of hydrogen-bond acceptors (Lipinski definition) is 3. The maximum Gasteiger partial charge on any atom is 0.253 e. The molecule has 1 unspecified atom stereocenters. The summed E-state index contributed by atoms with van der Waals surface area (Å²) in [6.45, 7) is 2.44. The number of ether oxygens (including phenoxy) is 1. The molecule has 0 aliphatic carbocycles. The Bertz CT molecular complexity index is 415. The Morgan fingerprint density at radius 2 is 2.33 bits per heavy atom.